The molecule has 63 heavy (non-hydrogen) atoms. The Morgan fingerprint density at radius 3 is 1.08 bits per heavy atom. The summed E-state index contributed by atoms with van der Waals surface area (Å²) in [5.74, 6) is -0.527. The summed E-state index contributed by atoms with van der Waals surface area (Å²) in [6.07, 6.45) is 27.4. The second-order valence-electron chi connectivity index (χ2n) is 19.2. The van der Waals surface area contributed by atoms with Gasteiger partial charge in [-0.3, -0.25) is 0 Å². The van der Waals surface area contributed by atoms with Crippen LogP contribution in [-0.2, 0) is 47.7 Å². The van der Waals surface area contributed by atoms with Crippen LogP contribution in [0.15, 0.2) is 62.3 Å². The van der Waals surface area contributed by atoms with Gasteiger partial charge in [-0.15, -0.1) is 0 Å². The molecule has 0 aliphatic heterocycles. The van der Waals surface area contributed by atoms with Crippen LogP contribution in [0.1, 0.15) is 204 Å². The lowest BCUT2D eigenvalue weighted by Crippen LogP contribution is -2.37. The predicted octanol–water partition coefficient (Wildman–Crippen LogP) is 13.1. The average Bonchev–Trinajstić information content (AvgIpc) is 4.12. The number of hydrogen-bond acceptors (Lipinski definition) is 10. The molecule has 0 aromatic carbocycles. The van der Waals surface area contributed by atoms with Crippen molar-refractivity contribution in [2.75, 3.05) is 0 Å². The largest absolute Gasteiger partial charge is 0.456 e. The maximum Gasteiger partial charge on any atom is 0.333 e. The molecule has 5 rings (SSSR count). The fraction of sp³-hybridized carbons (Fsp3) is 0.717. The monoisotopic (exact) mass is 883 g/mol. The average molecular weight is 883 g/mol. The molecule has 0 aromatic heterocycles. The van der Waals surface area contributed by atoms with Gasteiger partial charge in [0.2, 0.25) is 0 Å². The minimum atomic E-state index is -0.297. The third-order valence-electron chi connectivity index (χ3n) is 13.8. The molecule has 5 saturated carbocycles. The van der Waals surface area contributed by atoms with Gasteiger partial charge in [0.15, 0.2) is 0 Å². The Balaban J connectivity index is 0.000000395. The molecule has 0 heterocycles. The van der Waals surface area contributed by atoms with Crippen molar-refractivity contribution in [2.45, 2.75) is 232 Å². The summed E-state index contributed by atoms with van der Waals surface area (Å²) in [5, 5.41) is 0. The fourth-order valence-corrected chi connectivity index (χ4v) is 9.20. The van der Waals surface area contributed by atoms with E-state index in [0.717, 1.165) is 77.0 Å². The fourth-order valence-electron chi connectivity index (χ4n) is 9.20. The quantitative estimate of drug-likeness (QED) is 0.0943. The summed E-state index contributed by atoms with van der Waals surface area (Å²) < 4.78 is 27.0. The number of ether oxygens (including phenoxy) is 5. The summed E-state index contributed by atoms with van der Waals surface area (Å²) in [6.45, 7) is 35.4. The SMILES string of the molecule is C=C(C)C(=O)OC1(C(C)C)CCCC1.C=C(C)C(=O)OC1(CC)CCCC1.C=CC(=O)OC1(C(C)C)CCCC1.C=CC(=O)OC1(C)CCCC1.C=CC(=O)OC1(CC)CCCC1. The second kappa shape index (κ2) is 27.4. The zero-order chi connectivity index (χ0) is 47.9. The van der Waals surface area contributed by atoms with Crippen LogP contribution in [-0.4, -0.2) is 57.9 Å². The van der Waals surface area contributed by atoms with E-state index in [2.05, 4.69) is 74.4 Å². The van der Waals surface area contributed by atoms with Gasteiger partial charge in [0.05, 0.1) is 0 Å². The summed E-state index contributed by atoms with van der Waals surface area (Å²) in [4.78, 5) is 55.8. The van der Waals surface area contributed by atoms with Crippen LogP contribution in [0, 0.1) is 11.8 Å². The van der Waals surface area contributed by atoms with Gasteiger partial charge in [0.25, 0.3) is 0 Å². The molecule has 5 aliphatic carbocycles. The molecule has 0 radical (unpaired) electrons. The highest BCUT2D eigenvalue weighted by Gasteiger charge is 2.42. The van der Waals surface area contributed by atoms with Gasteiger partial charge in [0, 0.05) is 29.4 Å². The van der Waals surface area contributed by atoms with Crippen LogP contribution in [0.5, 0.6) is 0 Å². The van der Waals surface area contributed by atoms with E-state index in [1.807, 2.05) is 6.92 Å². The van der Waals surface area contributed by atoms with Gasteiger partial charge in [-0.05, 0) is 174 Å². The van der Waals surface area contributed by atoms with Gasteiger partial charge >= 0.3 is 29.8 Å². The van der Waals surface area contributed by atoms with E-state index >= 15 is 0 Å². The summed E-state index contributed by atoms with van der Waals surface area (Å²) in [5.41, 5.74) is 0.0464. The highest BCUT2D eigenvalue weighted by Crippen LogP contribution is 2.41. The predicted molar refractivity (Wildman–Crippen MR) is 253 cm³/mol. The second-order valence-corrected chi connectivity index (χ2v) is 19.2. The van der Waals surface area contributed by atoms with Crippen LogP contribution >= 0.6 is 0 Å². The first kappa shape index (κ1) is 57.1. The maximum atomic E-state index is 11.5. The molecule has 0 unspecified atom stereocenters. The van der Waals surface area contributed by atoms with Gasteiger partial charge in [0.1, 0.15) is 28.0 Å². The number of carbonyl (C=O) groups is 5. The van der Waals surface area contributed by atoms with Crippen molar-refractivity contribution in [2.24, 2.45) is 11.8 Å². The Hall–Kier alpha value is -3.95. The third-order valence-corrected chi connectivity index (χ3v) is 13.8. The van der Waals surface area contributed by atoms with Gasteiger partial charge < -0.3 is 23.7 Å². The van der Waals surface area contributed by atoms with E-state index in [1.54, 1.807) is 13.8 Å². The van der Waals surface area contributed by atoms with Crippen LogP contribution in [0.4, 0.5) is 0 Å². The Morgan fingerprint density at radius 1 is 0.460 bits per heavy atom. The van der Waals surface area contributed by atoms with Gasteiger partial charge in [-0.2, -0.15) is 0 Å². The van der Waals surface area contributed by atoms with Crippen molar-refractivity contribution in [3.05, 3.63) is 62.3 Å². The van der Waals surface area contributed by atoms with Gasteiger partial charge in [-0.25, -0.2) is 24.0 Å². The molecule has 5 fully saturated rings. The smallest absolute Gasteiger partial charge is 0.333 e. The molecule has 10 nitrogen and oxygen atoms in total. The molecular formula is C53H86O10. The first-order valence-electron chi connectivity index (χ1n) is 23.9. The van der Waals surface area contributed by atoms with Crippen molar-refractivity contribution in [3.63, 3.8) is 0 Å². The van der Waals surface area contributed by atoms with E-state index in [9.17, 15) is 24.0 Å². The van der Waals surface area contributed by atoms with Crippen LogP contribution in [0.3, 0.4) is 0 Å². The van der Waals surface area contributed by atoms with Gasteiger partial charge in [-0.1, -0.05) is 74.4 Å². The molecule has 0 bridgehead atoms. The molecule has 0 aromatic rings. The van der Waals surface area contributed by atoms with Crippen molar-refractivity contribution in [3.8, 4) is 0 Å². The molecular weight excluding hydrogens is 797 g/mol. The zero-order valence-electron chi connectivity index (χ0n) is 41.1. The Labute approximate surface area is 382 Å². The number of carbonyl (C=O) groups excluding carboxylic acids is 5. The van der Waals surface area contributed by atoms with E-state index in [4.69, 9.17) is 23.7 Å². The molecule has 5 aliphatic rings. The summed E-state index contributed by atoms with van der Waals surface area (Å²) in [6, 6.07) is 0. The van der Waals surface area contributed by atoms with E-state index < -0.39 is 0 Å². The molecule has 358 valence electrons. The molecule has 0 saturated heterocycles. The van der Waals surface area contributed by atoms with Crippen LogP contribution in [0.2, 0.25) is 0 Å². The lowest BCUT2D eigenvalue weighted by molar-refractivity contribution is -0.159. The Bertz CT molecular complexity index is 1520. The molecule has 0 amide bonds. The minimum Gasteiger partial charge on any atom is -0.456 e. The van der Waals surface area contributed by atoms with Crippen molar-refractivity contribution >= 4 is 29.8 Å². The third kappa shape index (κ3) is 19.0. The van der Waals surface area contributed by atoms with Crippen LogP contribution in [0.25, 0.3) is 0 Å². The Kier molecular flexibility index (Phi) is 24.8. The van der Waals surface area contributed by atoms with E-state index in [-0.39, 0.29) is 57.9 Å². The number of esters is 5. The first-order chi connectivity index (χ1) is 29.6. The lowest BCUT2D eigenvalue weighted by Gasteiger charge is -2.33. The van der Waals surface area contributed by atoms with Crippen molar-refractivity contribution in [1.29, 1.82) is 0 Å². The summed E-state index contributed by atoms with van der Waals surface area (Å²) >= 11 is 0. The molecule has 0 spiro atoms. The van der Waals surface area contributed by atoms with E-state index in [0.29, 0.717) is 23.0 Å². The Morgan fingerprint density at radius 2 is 0.746 bits per heavy atom. The first-order valence-corrected chi connectivity index (χ1v) is 23.9. The molecule has 10 heteroatoms. The summed E-state index contributed by atoms with van der Waals surface area (Å²) in [7, 11) is 0. The standard InChI is InChI=1S/C12H20O2.2C11H18O2.C10H16O2.C9H14O2/c1-9(2)11(13)14-12(10(3)4)7-5-6-8-12;1-4-11(7-5-6-8-11)13-10(12)9(2)3;1-4-10(12)13-11(9(2)3)7-5-6-8-11;1-3-9(11)12-10(4-2)7-5-6-8-10;1-3-8(10)11-9(2)6-4-5-7-9/h10H,1,5-8H2,2-4H3;2,4-8H2,1,3H3;4,9H,1,5-8H2,2-3H3;3H,1,4-8H2,2H3;3H,1,4-7H2,2H3. The van der Waals surface area contributed by atoms with E-state index in [1.165, 1.54) is 82.4 Å². The molecule has 0 atom stereocenters. The van der Waals surface area contributed by atoms with Crippen molar-refractivity contribution < 1.29 is 47.7 Å². The number of hydrogen-bond donors (Lipinski definition) is 0. The lowest BCUT2D eigenvalue weighted by atomic mass is 9.88. The van der Waals surface area contributed by atoms with Crippen LogP contribution < -0.4 is 0 Å². The highest BCUT2D eigenvalue weighted by molar-refractivity contribution is 5.87. The maximum absolute atomic E-state index is 11.5. The minimum absolute atomic E-state index is 0.161. The topological polar surface area (TPSA) is 132 Å². The van der Waals surface area contributed by atoms with Crippen molar-refractivity contribution in [1.82, 2.24) is 0 Å². The molecule has 0 N–H and O–H groups in total. The number of rotatable bonds is 14. The highest BCUT2D eigenvalue weighted by atomic mass is 16.6. The zero-order valence-corrected chi connectivity index (χ0v) is 41.1. The normalized spacial score (nSPS) is 20.2.